The number of benzene rings is 2. The molecule has 4 aromatic rings. The van der Waals surface area contributed by atoms with Crippen LogP contribution in [0.5, 0.6) is 5.75 Å². The molecule has 0 spiro atoms. The molecule has 0 saturated carbocycles. The minimum Gasteiger partial charge on any atom is -0.491 e. The van der Waals surface area contributed by atoms with Gasteiger partial charge in [0.25, 0.3) is 5.56 Å². The number of halogens is 1. The van der Waals surface area contributed by atoms with E-state index in [2.05, 4.69) is 10.3 Å². The Kier molecular flexibility index (Phi) is 6.75. The van der Waals surface area contributed by atoms with Gasteiger partial charge in [-0.2, -0.15) is 0 Å². The normalized spacial score (nSPS) is 11.2. The zero-order chi connectivity index (χ0) is 24.4. The summed E-state index contributed by atoms with van der Waals surface area (Å²) in [5, 5.41) is 4.00. The Morgan fingerprint density at radius 1 is 1.09 bits per heavy atom. The number of ether oxygens (including phenoxy) is 1. The number of fused-ring (bicyclic) bond motifs is 1. The van der Waals surface area contributed by atoms with Gasteiger partial charge in [-0.25, -0.2) is 4.98 Å². The van der Waals surface area contributed by atoms with E-state index in [1.807, 2.05) is 68.7 Å². The molecular weight excluding hydrogens is 452 g/mol. The molecule has 1 amide bonds. The van der Waals surface area contributed by atoms with Crippen molar-refractivity contribution in [2.24, 2.45) is 0 Å². The van der Waals surface area contributed by atoms with Crippen LogP contribution in [-0.2, 0) is 17.9 Å². The predicted molar refractivity (Wildman–Crippen MR) is 134 cm³/mol. The van der Waals surface area contributed by atoms with Gasteiger partial charge in [0.2, 0.25) is 5.91 Å². The van der Waals surface area contributed by atoms with Crippen LogP contribution in [0.2, 0.25) is 5.02 Å². The highest BCUT2D eigenvalue weighted by Crippen LogP contribution is 2.25. The lowest BCUT2D eigenvalue weighted by atomic mass is 10.2. The second-order valence-corrected chi connectivity index (χ2v) is 8.92. The number of nitrogens with one attached hydrogen (secondary N) is 1. The quantitative estimate of drug-likeness (QED) is 0.422. The molecule has 2 heterocycles. The topological polar surface area (TPSA) is 78.2 Å². The van der Waals surface area contributed by atoms with Gasteiger partial charge in [0.05, 0.1) is 11.5 Å². The Morgan fingerprint density at radius 3 is 2.41 bits per heavy atom. The van der Waals surface area contributed by atoms with Crippen molar-refractivity contribution in [1.29, 1.82) is 0 Å². The van der Waals surface area contributed by atoms with Crippen molar-refractivity contribution in [2.75, 3.05) is 0 Å². The first-order valence-corrected chi connectivity index (χ1v) is 11.5. The van der Waals surface area contributed by atoms with E-state index in [9.17, 15) is 9.59 Å². The lowest BCUT2D eigenvalue weighted by Crippen LogP contribution is -2.32. The van der Waals surface area contributed by atoms with Crippen molar-refractivity contribution >= 4 is 28.5 Å². The lowest BCUT2D eigenvalue weighted by molar-refractivity contribution is -0.121. The molecule has 34 heavy (non-hydrogen) atoms. The molecule has 2 aromatic carbocycles. The fourth-order valence-corrected chi connectivity index (χ4v) is 4.00. The van der Waals surface area contributed by atoms with Crippen LogP contribution in [0, 0.1) is 13.8 Å². The summed E-state index contributed by atoms with van der Waals surface area (Å²) in [6.07, 6.45) is 1.53. The van der Waals surface area contributed by atoms with Crippen LogP contribution in [0.25, 0.3) is 16.7 Å². The summed E-state index contributed by atoms with van der Waals surface area (Å²) in [7, 11) is 0. The fourth-order valence-electron chi connectivity index (χ4n) is 3.87. The molecule has 8 heteroatoms. The SMILES string of the molecule is Cc1c(C)n(-c2ccc(Cl)cc2)c2ncn(CC(=O)NCc3ccc(OC(C)C)cc3)c(=O)c12. The molecule has 0 bridgehead atoms. The number of amides is 1. The van der Waals surface area contributed by atoms with Crippen LogP contribution in [-0.4, -0.2) is 26.1 Å². The van der Waals surface area contributed by atoms with Crippen molar-refractivity contribution < 1.29 is 9.53 Å². The van der Waals surface area contributed by atoms with E-state index in [0.717, 1.165) is 28.3 Å². The highest BCUT2D eigenvalue weighted by molar-refractivity contribution is 6.30. The second kappa shape index (κ2) is 9.73. The maximum Gasteiger partial charge on any atom is 0.263 e. The summed E-state index contributed by atoms with van der Waals surface area (Å²) in [5.74, 6) is 0.518. The molecule has 0 aliphatic heterocycles. The van der Waals surface area contributed by atoms with Crippen molar-refractivity contribution in [3.8, 4) is 11.4 Å². The van der Waals surface area contributed by atoms with Gasteiger partial charge in [0.1, 0.15) is 18.6 Å². The third kappa shape index (κ3) is 4.84. The third-order valence-electron chi connectivity index (χ3n) is 5.67. The van der Waals surface area contributed by atoms with E-state index < -0.39 is 0 Å². The molecule has 0 aliphatic rings. The number of hydrogen-bond donors (Lipinski definition) is 1. The second-order valence-electron chi connectivity index (χ2n) is 8.49. The van der Waals surface area contributed by atoms with Gasteiger partial charge in [-0.05, 0) is 75.2 Å². The number of hydrogen-bond acceptors (Lipinski definition) is 4. The first kappa shape index (κ1) is 23.6. The van der Waals surface area contributed by atoms with Gasteiger partial charge in [-0.1, -0.05) is 23.7 Å². The average molecular weight is 479 g/mol. The highest BCUT2D eigenvalue weighted by atomic mass is 35.5. The predicted octanol–water partition coefficient (Wildman–Crippen LogP) is 4.56. The molecule has 7 nitrogen and oxygen atoms in total. The van der Waals surface area contributed by atoms with Crippen LogP contribution in [0.4, 0.5) is 0 Å². The Hall–Kier alpha value is -3.58. The average Bonchev–Trinajstić information content (AvgIpc) is 3.06. The van der Waals surface area contributed by atoms with Gasteiger partial charge >= 0.3 is 0 Å². The first-order valence-electron chi connectivity index (χ1n) is 11.1. The van der Waals surface area contributed by atoms with Crippen LogP contribution in [0.1, 0.15) is 30.7 Å². The van der Waals surface area contributed by atoms with Crippen LogP contribution >= 0.6 is 11.6 Å². The smallest absolute Gasteiger partial charge is 0.263 e. The maximum absolute atomic E-state index is 13.2. The van der Waals surface area contributed by atoms with E-state index in [4.69, 9.17) is 16.3 Å². The van der Waals surface area contributed by atoms with Gasteiger partial charge in [-0.15, -0.1) is 0 Å². The highest BCUT2D eigenvalue weighted by Gasteiger charge is 2.18. The number of rotatable bonds is 7. The summed E-state index contributed by atoms with van der Waals surface area (Å²) in [4.78, 5) is 30.3. The molecule has 0 aliphatic carbocycles. The van der Waals surface area contributed by atoms with Crippen molar-refractivity contribution in [3.63, 3.8) is 0 Å². The molecule has 0 saturated heterocycles. The summed E-state index contributed by atoms with van der Waals surface area (Å²) in [5.41, 5.74) is 3.87. The zero-order valence-electron chi connectivity index (χ0n) is 19.6. The van der Waals surface area contributed by atoms with Crippen LogP contribution in [0.3, 0.4) is 0 Å². The summed E-state index contributed by atoms with van der Waals surface area (Å²) < 4.78 is 8.91. The number of carbonyl (C=O) groups is 1. The zero-order valence-corrected chi connectivity index (χ0v) is 20.4. The van der Waals surface area contributed by atoms with E-state index in [1.165, 1.54) is 10.9 Å². The largest absolute Gasteiger partial charge is 0.491 e. The van der Waals surface area contributed by atoms with Crippen molar-refractivity contribution in [1.82, 2.24) is 19.4 Å². The molecule has 0 atom stereocenters. The van der Waals surface area contributed by atoms with Crippen LogP contribution < -0.4 is 15.6 Å². The molecule has 176 valence electrons. The Balaban J connectivity index is 1.52. The summed E-state index contributed by atoms with van der Waals surface area (Å²) >= 11 is 6.02. The van der Waals surface area contributed by atoms with E-state index >= 15 is 0 Å². The van der Waals surface area contributed by atoms with Crippen molar-refractivity contribution in [2.45, 2.75) is 46.9 Å². The molecule has 0 unspecified atom stereocenters. The van der Waals surface area contributed by atoms with Gasteiger partial charge in [0, 0.05) is 22.9 Å². The molecule has 4 rings (SSSR count). The minimum absolute atomic E-state index is 0.102. The number of aromatic nitrogens is 3. The molecule has 0 fully saturated rings. The Morgan fingerprint density at radius 2 is 1.76 bits per heavy atom. The van der Waals surface area contributed by atoms with Crippen molar-refractivity contribution in [3.05, 3.63) is 87.1 Å². The number of aryl methyl sites for hydroxylation is 1. The van der Waals surface area contributed by atoms with E-state index in [-0.39, 0.29) is 24.1 Å². The molecular formula is C26H27ClN4O3. The number of carbonyl (C=O) groups excluding carboxylic acids is 1. The standard InChI is InChI=1S/C26H27ClN4O3/c1-16(2)34-22-11-5-19(6-12-22)13-28-23(32)14-30-15-29-25-24(26(30)33)17(3)18(4)31(25)21-9-7-20(27)8-10-21/h5-12,15-16H,13-14H2,1-4H3,(H,28,32). The monoisotopic (exact) mass is 478 g/mol. The first-order chi connectivity index (χ1) is 16.2. The Bertz CT molecular complexity index is 1390. The van der Waals surface area contributed by atoms with Gasteiger partial charge in [-0.3, -0.25) is 18.7 Å². The Labute approximate surface area is 203 Å². The van der Waals surface area contributed by atoms with E-state index in [1.54, 1.807) is 12.1 Å². The third-order valence-corrected chi connectivity index (χ3v) is 5.92. The molecule has 2 aromatic heterocycles. The molecule has 0 radical (unpaired) electrons. The fraction of sp³-hybridized carbons (Fsp3) is 0.269. The summed E-state index contributed by atoms with van der Waals surface area (Å²) in [6, 6.07) is 14.9. The maximum atomic E-state index is 13.2. The summed E-state index contributed by atoms with van der Waals surface area (Å²) in [6.45, 7) is 8.02. The number of nitrogens with zero attached hydrogens (tertiary/aromatic N) is 3. The molecule has 1 N–H and O–H groups in total. The minimum atomic E-state index is -0.266. The van der Waals surface area contributed by atoms with Gasteiger partial charge in [0.15, 0.2) is 5.65 Å². The van der Waals surface area contributed by atoms with Gasteiger partial charge < -0.3 is 10.1 Å². The van der Waals surface area contributed by atoms with Crippen LogP contribution in [0.15, 0.2) is 59.7 Å². The lowest BCUT2D eigenvalue weighted by Gasteiger charge is -2.11. The van der Waals surface area contributed by atoms with E-state index in [0.29, 0.717) is 22.6 Å².